The van der Waals surface area contributed by atoms with Gasteiger partial charge in [0.05, 0.1) is 4.88 Å². The third kappa shape index (κ3) is 3.14. The van der Waals surface area contributed by atoms with Crippen molar-refractivity contribution < 1.29 is 4.79 Å². The molecule has 1 aromatic heterocycles. The molecule has 1 rings (SSSR count). The van der Waals surface area contributed by atoms with Gasteiger partial charge in [-0.2, -0.15) is 0 Å². The highest BCUT2D eigenvalue weighted by atomic mass is 32.1. The summed E-state index contributed by atoms with van der Waals surface area (Å²) in [5.74, 6) is 0. The van der Waals surface area contributed by atoms with Crippen LogP contribution in [0, 0.1) is 5.41 Å². The van der Waals surface area contributed by atoms with Gasteiger partial charge in [0.1, 0.15) is 0 Å². The topological polar surface area (TPSA) is 20.3 Å². The molecule has 0 N–H and O–H groups in total. The van der Waals surface area contributed by atoms with Crippen molar-refractivity contribution in [1.82, 2.24) is 0 Å². The summed E-state index contributed by atoms with van der Waals surface area (Å²) < 4.78 is 0. The van der Waals surface area contributed by atoms with Crippen molar-refractivity contribution in [2.24, 2.45) is 5.41 Å². The first-order valence-electron chi connectivity index (χ1n) is 4.67. The van der Waals surface area contributed by atoms with Gasteiger partial charge in [0.15, 0.2) is 6.29 Å². The summed E-state index contributed by atoms with van der Waals surface area (Å²) in [6.45, 7) is 7.60. The maximum absolute atomic E-state index is 10.5. The van der Waals surface area contributed by atoms with Gasteiger partial charge >= 0.3 is 0 Å². The molecule has 0 bridgehead atoms. The second-order valence-electron chi connectivity index (χ2n) is 4.74. The lowest BCUT2D eigenvalue weighted by atomic mass is 9.96. The summed E-state index contributed by atoms with van der Waals surface area (Å²) in [6.07, 6.45) is 0.902. The molecule has 0 aliphatic rings. The van der Waals surface area contributed by atoms with Crippen molar-refractivity contribution in [2.75, 3.05) is 18.5 Å². The van der Waals surface area contributed by atoms with Crippen LogP contribution in [-0.4, -0.2) is 19.9 Å². The highest BCUT2D eigenvalue weighted by Gasteiger charge is 2.14. The van der Waals surface area contributed by atoms with Crippen LogP contribution in [-0.2, 0) is 0 Å². The zero-order valence-corrected chi connectivity index (χ0v) is 10.0. The maximum Gasteiger partial charge on any atom is 0.160 e. The number of carbonyl (C=O) groups is 1. The highest BCUT2D eigenvalue weighted by molar-refractivity contribution is 7.12. The minimum absolute atomic E-state index is 0.276. The van der Waals surface area contributed by atoms with Crippen molar-refractivity contribution in [3.63, 3.8) is 0 Å². The Labute approximate surface area is 89.5 Å². The second kappa shape index (κ2) is 4.13. The smallest absolute Gasteiger partial charge is 0.160 e. The Morgan fingerprint density at radius 3 is 2.57 bits per heavy atom. The average Bonchev–Trinajstić information content (AvgIpc) is 2.48. The number of carbonyl (C=O) groups excluding carboxylic acids is 1. The van der Waals surface area contributed by atoms with E-state index in [9.17, 15) is 4.79 Å². The molecule has 1 heterocycles. The molecule has 0 unspecified atom stereocenters. The van der Waals surface area contributed by atoms with E-state index in [1.54, 1.807) is 0 Å². The summed E-state index contributed by atoms with van der Waals surface area (Å²) in [5.41, 5.74) is 1.41. The van der Waals surface area contributed by atoms with E-state index in [1.807, 2.05) is 11.4 Å². The quantitative estimate of drug-likeness (QED) is 0.716. The number of hydrogen-bond acceptors (Lipinski definition) is 3. The molecular formula is C11H17NOS. The van der Waals surface area contributed by atoms with E-state index in [0.29, 0.717) is 0 Å². The van der Waals surface area contributed by atoms with Gasteiger partial charge in [-0.25, -0.2) is 0 Å². The summed E-state index contributed by atoms with van der Waals surface area (Å²) in [5, 5.41) is 2.02. The molecule has 14 heavy (non-hydrogen) atoms. The summed E-state index contributed by atoms with van der Waals surface area (Å²) in [7, 11) is 2.06. The highest BCUT2D eigenvalue weighted by Crippen LogP contribution is 2.24. The SMILES string of the molecule is CN(CC(C)(C)C)c1csc(C=O)c1. The van der Waals surface area contributed by atoms with Crippen LogP contribution in [0.1, 0.15) is 30.4 Å². The second-order valence-corrected chi connectivity index (χ2v) is 5.68. The number of rotatable bonds is 3. The minimum atomic E-state index is 0.276. The van der Waals surface area contributed by atoms with Gasteiger partial charge in [0.25, 0.3) is 0 Å². The first kappa shape index (κ1) is 11.2. The predicted molar refractivity (Wildman–Crippen MR) is 62.4 cm³/mol. The Kier molecular flexibility index (Phi) is 3.32. The Hall–Kier alpha value is -0.830. The largest absolute Gasteiger partial charge is 0.373 e. The van der Waals surface area contributed by atoms with E-state index in [1.165, 1.54) is 11.3 Å². The van der Waals surface area contributed by atoms with E-state index in [0.717, 1.165) is 23.4 Å². The molecule has 0 saturated carbocycles. The molecule has 78 valence electrons. The molecule has 0 aliphatic heterocycles. The molecule has 0 spiro atoms. The van der Waals surface area contributed by atoms with E-state index in [-0.39, 0.29) is 5.41 Å². The number of thiophene rings is 1. The first-order valence-corrected chi connectivity index (χ1v) is 5.55. The van der Waals surface area contributed by atoms with Crippen LogP contribution in [0.3, 0.4) is 0 Å². The Morgan fingerprint density at radius 2 is 2.14 bits per heavy atom. The number of aldehydes is 1. The number of hydrogen-bond donors (Lipinski definition) is 0. The van der Waals surface area contributed by atoms with Crippen LogP contribution >= 0.6 is 11.3 Å². The fraction of sp³-hybridized carbons (Fsp3) is 0.545. The summed E-state index contributed by atoms with van der Waals surface area (Å²) >= 11 is 1.49. The zero-order valence-electron chi connectivity index (χ0n) is 9.20. The first-order chi connectivity index (χ1) is 6.42. The zero-order chi connectivity index (χ0) is 10.8. The van der Waals surface area contributed by atoms with E-state index in [4.69, 9.17) is 0 Å². The van der Waals surface area contributed by atoms with Crippen LogP contribution in [0.15, 0.2) is 11.4 Å². The molecule has 0 amide bonds. The number of nitrogens with zero attached hydrogens (tertiary/aromatic N) is 1. The van der Waals surface area contributed by atoms with Crippen molar-refractivity contribution in [3.8, 4) is 0 Å². The van der Waals surface area contributed by atoms with Crippen molar-refractivity contribution >= 4 is 23.3 Å². The van der Waals surface area contributed by atoms with Crippen molar-refractivity contribution in [1.29, 1.82) is 0 Å². The Balaban J connectivity index is 2.69. The molecule has 0 aliphatic carbocycles. The normalized spacial score (nSPS) is 11.4. The fourth-order valence-electron chi connectivity index (χ4n) is 1.41. The van der Waals surface area contributed by atoms with Crippen molar-refractivity contribution in [2.45, 2.75) is 20.8 Å². The minimum Gasteiger partial charge on any atom is -0.373 e. The van der Waals surface area contributed by atoms with Crippen molar-refractivity contribution in [3.05, 3.63) is 16.3 Å². The lowest BCUT2D eigenvalue weighted by Crippen LogP contribution is -2.28. The Morgan fingerprint density at radius 1 is 1.50 bits per heavy atom. The van der Waals surface area contributed by atoms with Gasteiger partial charge < -0.3 is 4.90 Å². The average molecular weight is 211 g/mol. The van der Waals surface area contributed by atoms with Crippen LogP contribution in [0.2, 0.25) is 0 Å². The maximum atomic E-state index is 10.5. The van der Waals surface area contributed by atoms with Crippen LogP contribution < -0.4 is 4.90 Å². The third-order valence-electron chi connectivity index (χ3n) is 1.87. The predicted octanol–water partition coefficient (Wildman–Crippen LogP) is 3.04. The van der Waals surface area contributed by atoms with Gasteiger partial charge in [-0.1, -0.05) is 20.8 Å². The molecule has 0 radical (unpaired) electrons. The van der Waals surface area contributed by atoms with Gasteiger partial charge in [-0.05, 0) is 11.5 Å². The summed E-state index contributed by atoms with van der Waals surface area (Å²) in [4.78, 5) is 13.5. The molecule has 1 aromatic rings. The van der Waals surface area contributed by atoms with Gasteiger partial charge in [0, 0.05) is 24.7 Å². The van der Waals surface area contributed by atoms with Crippen LogP contribution in [0.5, 0.6) is 0 Å². The Bertz CT molecular complexity index is 311. The third-order valence-corrected chi connectivity index (χ3v) is 2.72. The van der Waals surface area contributed by atoms with Crippen LogP contribution in [0.25, 0.3) is 0 Å². The van der Waals surface area contributed by atoms with Gasteiger partial charge in [0.2, 0.25) is 0 Å². The monoisotopic (exact) mass is 211 g/mol. The van der Waals surface area contributed by atoms with Gasteiger partial charge in [-0.15, -0.1) is 11.3 Å². The summed E-state index contributed by atoms with van der Waals surface area (Å²) in [6, 6.07) is 1.93. The number of anilines is 1. The molecule has 2 nitrogen and oxygen atoms in total. The lowest BCUT2D eigenvalue weighted by Gasteiger charge is -2.27. The molecule has 0 saturated heterocycles. The van der Waals surface area contributed by atoms with Gasteiger partial charge in [-0.3, -0.25) is 4.79 Å². The molecule has 0 atom stereocenters. The van der Waals surface area contributed by atoms with E-state index < -0.39 is 0 Å². The standard InChI is InChI=1S/C11H17NOS/c1-11(2,3)8-12(4)9-5-10(6-13)14-7-9/h5-7H,8H2,1-4H3. The molecule has 0 aromatic carbocycles. The molecular weight excluding hydrogens is 194 g/mol. The van der Waals surface area contributed by atoms with E-state index in [2.05, 4.69) is 32.7 Å². The van der Waals surface area contributed by atoms with E-state index >= 15 is 0 Å². The fourth-order valence-corrected chi connectivity index (χ4v) is 2.16. The lowest BCUT2D eigenvalue weighted by molar-refractivity contribution is 0.112. The molecule has 0 fully saturated rings. The van der Waals surface area contributed by atoms with Crippen LogP contribution in [0.4, 0.5) is 5.69 Å². The molecule has 3 heteroatoms.